The molecule has 8 atom stereocenters. The van der Waals surface area contributed by atoms with E-state index in [1.807, 2.05) is 0 Å². The largest absolute Gasteiger partial charge is 0.0974 e. The van der Waals surface area contributed by atoms with E-state index in [9.17, 15) is 0 Å². The van der Waals surface area contributed by atoms with E-state index >= 15 is 0 Å². The summed E-state index contributed by atoms with van der Waals surface area (Å²) in [6, 6.07) is 19.3. The zero-order valence-corrected chi connectivity index (χ0v) is 33.4. The van der Waals surface area contributed by atoms with Crippen LogP contribution in [0.2, 0.25) is 0 Å². The lowest BCUT2D eigenvalue weighted by molar-refractivity contribution is 0.514. The molecule has 0 radical (unpaired) electrons. The van der Waals surface area contributed by atoms with Crippen LogP contribution in [0.3, 0.4) is 0 Å². The Morgan fingerprint density at radius 3 is 1.45 bits per heavy atom. The monoisotopic (exact) mass is 666 g/mol. The van der Waals surface area contributed by atoms with E-state index in [0.29, 0.717) is 31.9 Å². The molecule has 2 aromatic rings. The van der Waals surface area contributed by atoms with Gasteiger partial charge in [-0.25, -0.2) is 0 Å². The molecule has 44 heavy (non-hydrogen) atoms. The summed E-state index contributed by atoms with van der Waals surface area (Å²) in [5, 5.41) is 1.80. The summed E-state index contributed by atoms with van der Waals surface area (Å²) in [4.78, 5) is 0. The predicted molar refractivity (Wildman–Crippen MR) is 206 cm³/mol. The minimum absolute atomic E-state index is 0.101. The normalized spacial score (nSPS) is 32.7. The van der Waals surface area contributed by atoms with Crippen molar-refractivity contribution in [2.24, 2.45) is 0 Å². The highest BCUT2D eigenvalue weighted by Crippen LogP contribution is 2.82. The van der Waals surface area contributed by atoms with Crippen LogP contribution in [0.5, 0.6) is 0 Å². The van der Waals surface area contributed by atoms with Crippen molar-refractivity contribution in [1.29, 1.82) is 0 Å². The zero-order valence-electron chi connectivity index (χ0n) is 29.8. The van der Waals surface area contributed by atoms with E-state index in [0.717, 1.165) is 11.3 Å². The molecule has 0 bridgehead atoms. The summed E-state index contributed by atoms with van der Waals surface area (Å²) in [6.45, 7) is 26.2. The lowest BCUT2D eigenvalue weighted by Gasteiger charge is -2.46. The van der Waals surface area contributed by atoms with Gasteiger partial charge in [-0.15, -0.1) is 0 Å². The van der Waals surface area contributed by atoms with Gasteiger partial charge in [0, 0.05) is 11.3 Å². The van der Waals surface area contributed by atoms with Crippen molar-refractivity contribution in [2.75, 3.05) is 12.3 Å². The minimum atomic E-state index is -0.169. The molecule has 4 aliphatic heterocycles. The molecule has 1 unspecified atom stereocenters. The predicted octanol–water partition coefficient (Wildman–Crippen LogP) is 13.7. The van der Waals surface area contributed by atoms with Crippen molar-refractivity contribution in [3.05, 3.63) is 70.8 Å². The Balaban J connectivity index is 1.27. The van der Waals surface area contributed by atoms with Crippen LogP contribution in [0.1, 0.15) is 141 Å². The van der Waals surface area contributed by atoms with Crippen LogP contribution in [-0.2, 0) is 12.3 Å². The molecule has 0 spiro atoms. The van der Waals surface area contributed by atoms with Crippen molar-refractivity contribution in [1.82, 2.24) is 0 Å². The number of rotatable bonds is 7. The Bertz CT molecular complexity index is 1310. The molecule has 0 N–H and O–H groups in total. The van der Waals surface area contributed by atoms with Crippen molar-refractivity contribution in [3.63, 3.8) is 0 Å². The van der Waals surface area contributed by atoms with Gasteiger partial charge in [-0.2, -0.15) is 0 Å². The molecule has 0 aliphatic carbocycles. The molecule has 4 aliphatic rings. The molecule has 4 heteroatoms. The maximum Gasteiger partial charge on any atom is 0.0161 e. The van der Waals surface area contributed by atoms with E-state index in [2.05, 4.69) is 118 Å². The second-order valence-corrected chi connectivity index (χ2v) is 30.6. The third kappa shape index (κ3) is 6.46. The molecule has 0 aromatic heterocycles. The van der Waals surface area contributed by atoms with Crippen LogP contribution in [0.25, 0.3) is 0 Å². The van der Waals surface area contributed by atoms with Crippen LogP contribution in [0.15, 0.2) is 48.5 Å². The zero-order chi connectivity index (χ0) is 31.7. The van der Waals surface area contributed by atoms with E-state index in [1.54, 1.807) is 47.4 Å². The highest BCUT2D eigenvalue weighted by atomic mass is 31.1. The standard InChI is InChI=1S/C40H62P4/c1-37(2,3)41-25-15-21-33(41)34-22-16-26-42(34)39(7,8)23-24-40(9,10)44-28-30-18-12-14-20-32(30)36(44)35-31-19-13-11-17-29(31)27-43(35)38(4,5)6/h11-14,17-20,33-36H,15-16,21-28H2,1-10H3/t33-,34-,35+,36+,41?,42+,43-,44-/m1/s1. The first-order chi connectivity index (χ1) is 20.6. The molecule has 2 fully saturated rings. The molecule has 4 heterocycles. The van der Waals surface area contributed by atoms with Gasteiger partial charge in [0.25, 0.3) is 0 Å². The van der Waals surface area contributed by atoms with Gasteiger partial charge >= 0.3 is 0 Å². The second-order valence-electron chi connectivity index (χ2n) is 17.8. The molecule has 2 aromatic carbocycles. The summed E-state index contributed by atoms with van der Waals surface area (Å²) in [5.41, 5.74) is 10.3. The molecule has 6 rings (SSSR count). The van der Waals surface area contributed by atoms with E-state index < -0.39 is 0 Å². The Labute approximate surface area is 277 Å². The van der Waals surface area contributed by atoms with Crippen molar-refractivity contribution in [3.8, 4) is 0 Å². The van der Waals surface area contributed by atoms with Gasteiger partial charge in [-0.3, -0.25) is 0 Å². The fraction of sp³-hybridized carbons (Fsp3) is 0.700. The van der Waals surface area contributed by atoms with Crippen LogP contribution in [0.4, 0.5) is 0 Å². The van der Waals surface area contributed by atoms with Gasteiger partial charge < -0.3 is 0 Å². The van der Waals surface area contributed by atoms with Gasteiger partial charge in [0.15, 0.2) is 0 Å². The first-order valence-corrected chi connectivity index (χ1v) is 24.2. The van der Waals surface area contributed by atoms with Crippen LogP contribution in [-0.4, -0.2) is 44.3 Å². The number of fused-ring (bicyclic) bond motifs is 2. The van der Waals surface area contributed by atoms with Gasteiger partial charge in [0.2, 0.25) is 0 Å². The average molecular weight is 667 g/mol. The van der Waals surface area contributed by atoms with Gasteiger partial charge in [0.1, 0.15) is 0 Å². The Kier molecular flexibility index (Phi) is 9.71. The minimum Gasteiger partial charge on any atom is -0.0974 e. The lowest BCUT2D eigenvalue weighted by atomic mass is 9.97. The second kappa shape index (κ2) is 12.6. The van der Waals surface area contributed by atoms with E-state index in [1.165, 1.54) is 38.0 Å². The Hall–Kier alpha value is 0.160. The van der Waals surface area contributed by atoms with Crippen molar-refractivity contribution in [2.45, 2.75) is 163 Å². The van der Waals surface area contributed by atoms with Crippen LogP contribution in [0, 0.1) is 0 Å². The third-order valence-electron chi connectivity index (χ3n) is 12.1. The summed E-state index contributed by atoms with van der Waals surface area (Å²) in [5.74, 6) is 0. The molecular formula is C40H62P4. The fourth-order valence-electron chi connectivity index (χ4n) is 9.63. The van der Waals surface area contributed by atoms with Gasteiger partial charge in [-0.1, -0.05) is 149 Å². The average Bonchev–Trinajstić information content (AvgIpc) is 3.74. The maximum absolute atomic E-state index is 2.72. The molecule has 0 saturated carbocycles. The molecule has 2 saturated heterocycles. The van der Waals surface area contributed by atoms with Crippen molar-refractivity contribution < 1.29 is 0 Å². The maximum atomic E-state index is 2.72. The third-order valence-corrected chi connectivity index (χ3v) is 27.8. The molecular weight excluding hydrogens is 604 g/mol. The highest BCUT2D eigenvalue weighted by molar-refractivity contribution is 7.65. The molecule has 0 amide bonds. The summed E-state index contributed by atoms with van der Waals surface area (Å²) in [6.07, 6.45) is 14.7. The number of hydrogen-bond donors (Lipinski definition) is 0. The Morgan fingerprint density at radius 1 is 0.523 bits per heavy atom. The lowest BCUT2D eigenvalue weighted by Crippen LogP contribution is -2.32. The summed E-state index contributed by atoms with van der Waals surface area (Å²) >= 11 is 0. The number of benzene rings is 2. The highest BCUT2D eigenvalue weighted by Gasteiger charge is 2.52. The Morgan fingerprint density at radius 2 is 0.932 bits per heavy atom. The van der Waals surface area contributed by atoms with Gasteiger partial charge in [-0.05, 0) is 117 Å². The number of hydrogen-bond acceptors (Lipinski definition) is 0. The first kappa shape index (κ1) is 34.0. The van der Waals surface area contributed by atoms with E-state index in [-0.39, 0.29) is 31.7 Å². The quantitative estimate of drug-likeness (QED) is 0.258. The fourth-order valence-corrected chi connectivity index (χ4v) is 25.7. The first-order valence-electron chi connectivity index (χ1n) is 17.8. The summed E-state index contributed by atoms with van der Waals surface area (Å²) in [7, 11) is -0.0225. The smallest absolute Gasteiger partial charge is 0.0161 e. The van der Waals surface area contributed by atoms with Gasteiger partial charge in [0.05, 0.1) is 0 Å². The van der Waals surface area contributed by atoms with Crippen LogP contribution < -0.4 is 0 Å². The topological polar surface area (TPSA) is 0 Å². The molecule has 0 nitrogen and oxygen atoms in total. The molecule has 242 valence electrons. The van der Waals surface area contributed by atoms with Crippen molar-refractivity contribution >= 4 is 31.7 Å². The SMILES string of the molecule is CC(C)(C)P1CCC[C@@H]1[C@H]1CCC[P@]1C(C)(C)CCC(C)(C)[P@]1Cc2ccccc2[C@H]1[C@@H]1c2ccccc2C[P@@]1C(C)(C)C. The van der Waals surface area contributed by atoms with Crippen LogP contribution >= 0.6 is 31.7 Å². The summed E-state index contributed by atoms with van der Waals surface area (Å²) < 4.78 is 0. The van der Waals surface area contributed by atoms with E-state index in [4.69, 9.17) is 0 Å².